The van der Waals surface area contributed by atoms with Crippen LogP contribution in [0.15, 0.2) is 35.7 Å². The van der Waals surface area contributed by atoms with Crippen molar-refractivity contribution in [3.05, 3.63) is 57.0 Å². The van der Waals surface area contributed by atoms with Gasteiger partial charge in [-0.25, -0.2) is 4.39 Å². The van der Waals surface area contributed by atoms with Gasteiger partial charge < -0.3 is 16.0 Å². The molecule has 4 rings (SSSR count). The van der Waals surface area contributed by atoms with Crippen molar-refractivity contribution in [3.8, 4) is 0 Å². The number of rotatable bonds is 7. The van der Waals surface area contributed by atoms with Crippen LogP contribution in [0.4, 0.5) is 4.39 Å². The summed E-state index contributed by atoms with van der Waals surface area (Å²) in [6.07, 6.45) is 1.45. The van der Waals surface area contributed by atoms with Crippen molar-refractivity contribution >= 4 is 40.7 Å². The molecule has 170 valence electrons. The molecule has 0 spiro atoms. The first kappa shape index (κ1) is 22.7. The summed E-state index contributed by atoms with van der Waals surface area (Å²) in [6.45, 7) is 1.51. The predicted octanol–water partition coefficient (Wildman–Crippen LogP) is 2.31. The Hall–Kier alpha value is -2.49. The van der Waals surface area contributed by atoms with E-state index in [1.54, 1.807) is 11.3 Å². The first-order valence-corrected chi connectivity index (χ1v) is 11.7. The number of hydrogen-bond donors (Lipinski definition) is 3. The topological polar surface area (TPSA) is 90.5 Å². The van der Waals surface area contributed by atoms with E-state index >= 15 is 0 Å². The Bertz CT molecular complexity index is 1000. The monoisotopic (exact) mass is 478 g/mol. The van der Waals surface area contributed by atoms with E-state index in [9.17, 15) is 18.8 Å². The third-order valence-corrected chi connectivity index (χ3v) is 7.05. The molecule has 3 heterocycles. The minimum absolute atomic E-state index is 0.0207. The Morgan fingerprint density at radius 3 is 2.91 bits per heavy atom. The average molecular weight is 479 g/mol. The Kier molecular flexibility index (Phi) is 7.07. The lowest BCUT2D eigenvalue weighted by Crippen LogP contribution is -2.58. The van der Waals surface area contributed by atoms with Crippen LogP contribution in [-0.4, -0.2) is 53.8 Å². The first-order chi connectivity index (χ1) is 15.4. The number of thiophene rings is 1. The van der Waals surface area contributed by atoms with Gasteiger partial charge in [-0.3, -0.25) is 19.3 Å². The molecule has 0 radical (unpaired) electrons. The summed E-state index contributed by atoms with van der Waals surface area (Å²) in [5.74, 6) is -1.03. The summed E-state index contributed by atoms with van der Waals surface area (Å²) in [7, 11) is 0. The number of amides is 3. The standard InChI is InChI=1S/C22H24ClFN4O3S/c23-17-8-13(3-5-18(17)24)21(30)27-14-9-19-22(31)26-10-15(28(19)12-14)4-6-20(29)25-11-16-2-1-7-32-16/h1-3,5,7-8,14-15,19H,4,6,9-12H2,(H,25,29)(H,26,31)(H,27,30)/t14-,15+,19-/m0/s1. The zero-order valence-corrected chi connectivity index (χ0v) is 18.8. The molecule has 0 aliphatic carbocycles. The van der Waals surface area contributed by atoms with Gasteiger partial charge in [-0.05, 0) is 42.5 Å². The number of halogens is 2. The molecule has 1 aromatic carbocycles. The first-order valence-electron chi connectivity index (χ1n) is 10.5. The van der Waals surface area contributed by atoms with Gasteiger partial charge in [0.15, 0.2) is 0 Å². The van der Waals surface area contributed by atoms with E-state index in [4.69, 9.17) is 11.6 Å². The van der Waals surface area contributed by atoms with Gasteiger partial charge in [-0.1, -0.05) is 17.7 Å². The molecule has 2 aliphatic heterocycles. The van der Waals surface area contributed by atoms with Gasteiger partial charge in [0.05, 0.1) is 17.6 Å². The van der Waals surface area contributed by atoms with Gasteiger partial charge >= 0.3 is 0 Å². The zero-order valence-electron chi connectivity index (χ0n) is 17.3. The van der Waals surface area contributed by atoms with Crippen molar-refractivity contribution in [2.45, 2.75) is 43.9 Å². The van der Waals surface area contributed by atoms with Crippen molar-refractivity contribution in [1.82, 2.24) is 20.9 Å². The van der Waals surface area contributed by atoms with Crippen molar-refractivity contribution in [2.24, 2.45) is 0 Å². The minimum atomic E-state index is -0.583. The largest absolute Gasteiger partial charge is 0.353 e. The molecule has 1 aromatic heterocycles. The quantitative estimate of drug-likeness (QED) is 0.569. The highest BCUT2D eigenvalue weighted by atomic mass is 35.5. The molecule has 3 atom stereocenters. The smallest absolute Gasteiger partial charge is 0.251 e. The van der Waals surface area contributed by atoms with E-state index in [1.807, 2.05) is 17.5 Å². The van der Waals surface area contributed by atoms with Crippen LogP contribution in [0.1, 0.15) is 34.5 Å². The lowest BCUT2D eigenvalue weighted by molar-refractivity contribution is -0.129. The minimum Gasteiger partial charge on any atom is -0.353 e. The molecule has 2 aliphatic rings. The van der Waals surface area contributed by atoms with E-state index in [0.717, 1.165) is 10.9 Å². The molecule has 32 heavy (non-hydrogen) atoms. The van der Waals surface area contributed by atoms with Crippen LogP contribution in [0.2, 0.25) is 5.02 Å². The maximum atomic E-state index is 13.4. The molecular formula is C22H24ClFN4O3S. The molecule has 0 unspecified atom stereocenters. The summed E-state index contributed by atoms with van der Waals surface area (Å²) in [6, 6.07) is 7.20. The van der Waals surface area contributed by atoms with Gasteiger partial charge in [0.1, 0.15) is 5.82 Å². The number of hydrogen-bond acceptors (Lipinski definition) is 5. The number of piperazine rings is 1. The van der Waals surface area contributed by atoms with E-state index in [-0.39, 0.29) is 46.4 Å². The SMILES string of the molecule is O=C(CC[C@@H]1CNC(=O)[C@@H]2C[C@H](NC(=O)c3ccc(F)c(Cl)c3)CN12)NCc1cccs1. The fourth-order valence-electron chi connectivity index (χ4n) is 4.24. The number of benzene rings is 1. The summed E-state index contributed by atoms with van der Waals surface area (Å²) in [5, 5.41) is 10.6. The molecule has 0 bridgehead atoms. The number of fused-ring (bicyclic) bond motifs is 1. The van der Waals surface area contributed by atoms with E-state index in [1.165, 1.54) is 12.1 Å². The highest BCUT2D eigenvalue weighted by Gasteiger charge is 2.43. The van der Waals surface area contributed by atoms with Crippen LogP contribution in [0, 0.1) is 5.82 Å². The maximum absolute atomic E-state index is 13.4. The molecule has 0 saturated carbocycles. The Balaban J connectivity index is 1.31. The second-order valence-electron chi connectivity index (χ2n) is 8.04. The molecule has 3 amide bonds. The predicted molar refractivity (Wildman–Crippen MR) is 120 cm³/mol. The number of carbonyl (C=O) groups excluding carboxylic acids is 3. The molecule has 2 aromatic rings. The average Bonchev–Trinajstić information content (AvgIpc) is 3.44. The third kappa shape index (κ3) is 5.28. The van der Waals surface area contributed by atoms with Crippen molar-refractivity contribution in [3.63, 3.8) is 0 Å². The molecular weight excluding hydrogens is 455 g/mol. The molecule has 2 fully saturated rings. The molecule has 10 heteroatoms. The van der Waals surface area contributed by atoms with Crippen LogP contribution in [-0.2, 0) is 16.1 Å². The number of carbonyl (C=O) groups is 3. The van der Waals surface area contributed by atoms with Crippen LogP contribution in [0.25, 0.3) is 0 Å². The van der Waals surface area contributed by atoms with Gasteiger partial charge in [0.2, 0.25) is 11.8 Å². The van der Waals surface area contributed by atoms with E-state index < -0.39 is 5.82 Å². The van der Waals surface area contributed by atoms with Crippen LogP contribution >= 0.6 is 22.9 Å². The summed E-state index contributed by atoms with van der Waals surface area (Å²) in [4.78, 5) is 40.4. The Morgan fingerprint density at radius 1 is 1.31 bits per heavy atom. The number of nitrogens with zero attached hydrogens (tertiary/aromatic N) is 1. The van der Waals surface area contributed by atoms with E-state index in [2.05, 4.69) is 20.9 Å². The van der Waals surface area contributed by atoms with Crippen molar-refractivity contribution in [1.29, 1.82) is 0 Å². The molecule has 7 nitrogen and oxygen atoms in total. The summed E-state index contributed by atoms with van der Waals surface area (Å²) >= 11 is 7.37. The third-order valence-electron chi connectivity index (χ3n) is 5.88. The molecule has 2 saturated heterocycles. The maximum Gasteiger partial charge on any atom is 0.251 e. The van der Waals surface area contributed by atoms with Gasteiger partial charge in [0.25, 0.3) is 5.91 Å². The van der Waals surface area contributed by atoms with Crippen LogP contribution in [0.5, 0.6) is 0 Å². The fraction of sp³-hybridized carbons (Fsp3) is 0.409. The zero-order chi connectivity index (χ0) is 22.7. The van der Waals surface area contributed by atoms with E-state index in [0.29, 0.717) is 38.9 Å². The summed E-state index contributed by atoms with van der Waals surface area (Å²) < 4.78 is 13.4. The highest BCUT2D eigenvalue weighted by Crippen LogP contribution is 2.26. The Morgan fingerprint density at radius 2 is 2.16 bits per heavy atom. The van der Waals surface area contributed by atoms with Crippen molar-refractivity contribution < 1.29 is 18.8 Å². The highest BCUT2D eigenvalue weighted by molar-refractivity contribution is 7.09. The fourth-order valence-corrected chi connectivity index (χ4v) is 5.06. The second-order valence-corrected chi connectivity index (χ2v) is 9.48. The van der Waals surface area contributed by atoms with Crippen LogP contribution in [0.3, 0.4) is 0 Å². The lowest BCUT2D eigenvalue weighted by Gasteiger charge is -2.37. The van der Waals surface area contributed by atoms with Gasteiger partial charge in [0, 0.05) is 42.0 Å². The second kappa shape index (κ2) is 9.97. The molecule has 3 N–H and O–H groups in total. The number of nitrogens with one attached hydrogen (secondary N) is 3. The van der Waals surface area contributed by atoms with Crippen molar-refractivity contribution in [2.75, 3.05) is 13.1 Å². The Labute approximate surface area is 194 Å². The van der Waals surface area contributed by atoms with Crippen LogP contribution < -0.4 is 16.0 Å². The normalized spacial score (nSPS) is 22.8. The summed E-state index contributed by atoms with van der Waals surface area (Å²) in [5.41, 5.74) is 0.268. The van der Waals surface area contributed by atoms with Gasteiger partial charge in [-0.15, -0.1) is 11.3 Å². The lowest BCUT2D eigenvalue weighted by atomic mass is 10.0. The van der Waals surface area contributed by atoms with Gasteiger partial charge in [-0.2, -0.15) is 0 Å².